The predicted octanol–water partition coefficient (Wildman–Crippen LogP) is 3.87. The monoisotopic (exact) mass is 394 g/mol. The van der Waals surface area contributed by atoms with Gasteiger partial charge in [0.05, 0.1) is 0 Å². The Morgan fingerprint density at radius 1 is 1.31 bits per heavy atom. The van der Waals surface area contributed by atoms with E-state index in [-0.39, 0.29) is 24.3 Å². The van der Waals surface area contributed by atoms with Crippen molar-refractivity contribution >= 4 is 40.7 Å². The molecule has 0 aliphatic rings. The first kappa shape index (κ1) is 20.1. The van der Waals surface area contributed by atoms with Gasteiger partial charge in [0, 0.05) is 12.5 Å². The molecule has 0 saturated heterocycles. The van der Waals surface area contributed by atoms with Gasteiger partial charge >= 0.3 is 6.09 Å². The molecule has 2 aromatic rings. The lowest BCUT2D eigenvalue weighted by Gasteiger charge is -2.30. The van der Waals surface area contributed by atoms with E-state index in [1.807, 2.05) is 51.1 Å². The number of rotatable bonds is 6. The van der Waals surface area contributed by atoms with Gasteiger partial charge in [0.25, 0.3) is 0 Å². The van der Waals surface area contributed by atoms with Crippen molar-refractivity contribution in [3.63, 3.8) is 0 Å². The average Bonchev–Trinajstić information content (AvgIpc) is 2.97. The van der Waals surface area contributed by atoms with Gasteiger partial charge in [0.2, 0.25) is 11.0 Å². The lowest BCUT2D eigenvalue weighted by atomic mass is 9.84. The van der Waals surface area contributed by atoms with E-state index in [9.17, 15) is 9.59 Å². The zero-order chi connectivity index (χ0) is 19.2. The fourth-order valence-electron chi connectivity index (χ4n) is 2.12. The van der Waals surface area contributed by atoms with Crippen molar-refractivity contribution in [3.8, 4) is 0 Å². The smallest absolute Gasteiger partial charge is 0.407 e. The Bertz CT molecular complexity index is 796. The fourth-order valence-corrected chi connectivity index (χ4v) is 2.93. The predicted molar refractivity (Wildman–Crippen MR) is 104 cm³/mol. The Kier molecular flexibility index (Phi) is 6.87. The van der Waals surface area contributed by atoms with Crippen LogP contribution in [0.5, 0.6) is 0 Å². The molecule has 1 heterocycles. The van der Waals surface area contributed by atoms with E-state index >= 15 is 0 Å². The number of amides is 2. The quantitative estimate of drug-likeness (QED) is 0.646. The van der Waals surface area contributed by atoms with Gasteiger partial charge in [-0.2, -0.15) is 0 Å². The summed E-state index contributed by atoms with van der Waals surface area (Å²) in [5, 5.41) is 12.4. The van der Waals surface area contributed by atoms with Crippen LogP contribution in [0.4, 0.5) is 9.93 Å². The van der Waals surface area contributed by atoms with E-state index in [1.54, 1.807) is 0 Å². The molecular weight excluding hydrogens is 372 g/mol. The Labute approximate surface area is 161 Å². The number of carbonyl (C=O) groups is 2. The number of alkyl carbamates (subject to hydrolysis) is 1. The second kappa shape index (κ2) is 8.91. The van der Waals surface area contributed by atoms with Crippen molar-refractivity contribution in [2.45, 2.75) is 39.8 Å². The zero-order valence-electron chi connectivity index (χ0n) is 14.9. The molecule has 0 aliphatic carbocycles. The second-order valence-electron chi connectivity index (χ2n) is 6.80. The summed E-state index contributed by atoms with van der Waals surface area (Å²) in [6.45, 7) is 6.01. The van der Waals surface area contributed by atoms with Crippen LogP contribution in [-0.4, -0.2) is 28.2 Å². The summed E-state index contributed by atoms with van der Waals surface area (Å²) in [6, 6.07) is 9.00. The number of nitrogens with one attached hydrogen (secondary N) is 3. The zero-order valence-corrected chi connectivity index (χ0v) is 16.5. The van der Waals surface area contributed by atoms with Crippen LogP contribution in [-0.2, 0) is 16.1 Å². The lowest BCUT2D eigenvalue weighted by molar-refractivity contribution is -0.117. The van der Waals surface area contributed by atoms with Crippen molar-refractivity contribution in [2.75, 3.05) is 5.32 Å². The highest BCUT2D eigenvalue weighted by Crippen LogP contribution is 2.23. The molecule has 1 aromatic carbocycles. The molecule has 0 fully saturated rings. The topological polar surface area (TPSA) is 96.1 Å². The Hall–Kier alpha value is -2.26. The highest BCUT2D eigenvalue weighted by Gasteiger charge is 2.29. The summed E-state index contributed by atoms with van der Waals surface area (Å²) in [7, 11) is 0. The molecular formula is C17H22N4O3S2. The number of aromatic amines is 1. The highest BCUT2D eigenvalue weighted by atomic mass is 32.1. The van der Waals surface area contributed by atoms with Gasteiger partial charge in [0.15, 0.2) is 3.95 Å². The molecule has 0 saturated carbocycles. The van der Waals surface area contributed by atoms with E-state index in [0.717, 1.165) is 5.56 Å². The number of hydrogen-bond donors (Lipinski definition) is 3. The standard InChI is InChI=1S/C17H22N4O3S2/c1-17(2,3)12(9-13(22)19-14-20-21-16(25)26-14)18-15(23)24-10-11-7-5-4-6-8-11/h4-8,12H,9-10H2,1-3H3,(H,18,23)(H,21,25)(H,19,20,22). The normalized spacial score (nSPS) is 12.3. The Morgan fingerprint density at radius 3 is 2.58 bits per heavy atom. The van der Waals surface area contributed by atoms with Crippen LogP contribution < -0.4 is 10.6 Å². The summed E-state index contributed by atoms with van der Waals surface area (Å²) in [5.74, 6) is -0.258. The van der Waals surface area contributed by atoms with Gasteiger partial charge in [-0.3, -0.25) is 9.89 Å². The summed E-state index contributed by atoms with van der Waals surface area (Å²) in [4.78, 5) is 24.4. The van der Waals surface area contributed by atoms with E-state index in [4.69, 9.17) is 17.0 Å². The van der Waals surface area contributed by atoms with Crippen LogP contribution in [0.1, 0.15) is 32.8 Å². The largest absolute Gasteiger partial charge is 0.445 e. The van der Waals surface area contributed by atoms with E-state index < -0.39 is 12.1 Å². The van der Waals surface area contributed by atoms with Crippen molar-refractivity contribution in [1.29, 1.82) is 0 Å². The third-order valence-corrected chi connectivity index (χ3v) is 4.63. The molecule has 140 valence electrons. The van der Waals surface area contributed by atoms with Crippen molar-refractivity contribution in [1.82, 2.24) is 15.5 Å². The first-order chi connectivity index (χ1) is 12.2. The summed E-state index contributed by atoms with van der Waals surface area (Å²) in [6.07, 6.45) is -0.465. The minimum Gasteiger partial charge on any atom is -0.445 e. The molecule has 0 aliphatic heterocycles. The maximum Gasteiger partial charge on any atom is 0.407 e. The maximum absolute atomic E-state index is 12.3. The summed E-state index contributed by atoms with van der Waals surface area (Å²) < 4.78 is 5.73. The van der Waals surface area contributed by atoms with Gasteiger partial charge in [-0.15, -0.1) is 5.10 Å². The molecule has 1 atom stereocenters. The highest BCUT2D eigenvalue weighted by molar-refractivity contribution is 7.73. The molecule has 7 nitrogen and oxygen atoms in total. The van der Waals surface area contributed by atoms with Crippen molar-refractivity contribution in [2.24, 2.45) is 5.41 Å². The van der Waals surface area contributed by atoms with Crippen molar-refractivity contribution < 1.29 is 14.3 Å². The van der Waals surface area contributed by atoms with E-state index in [1.165, 1.54) is 11.3 Å². The molecule has 2 amide bonds. The minimum absolute atomic E-state index is 0.0935. The Morgan fingerprint density at radius 2 is 2.00 bits per heavy atom. The fraction of sp³-hybridized carbons (Fsp3) is 0.412. The number of hydrogen-bond acceptors (Lipinski definition) is 6. The molecule has 0 spiro atoms. The molecule has 2 rings (SSSR count). The number of H-pyrrole nitrogens is 1. The van der Waals surface area contributed by atoms with Gasteiger partial charge in [-0.05, 0) is 23.2 Å². The lowest BCUT2D eigenvalue weighted by Crippen LogP contribution is -2.46. The molecule has 1 aromatic heterocycles. The second-order valence-corrected chi connectivity index (χ2v) is 8.46. The molecule has 0 radical (unpaired) electrons. The number of anilines is 1. The van der Waals surface area contributed by atoms with Crippen LogP contribution >= 0.6 is 23.6 Å². The molecule has 1 unspecified atom stereocenters. The first-order valence-electron chi connectivity index (χ1n) is 8.06. The van der Waals surface area contributed by atoms with Crippen LogP contribution in [0.3, 0.4) is 0 Å². The molecule has 26 heavy (non-hydrogen) atoms. The van der Waals surface area contributed by atoms with Crippen LogP contribution in [0.2, 0.25) is 0 Å². The molecule has 9 heteroatoms. The number of ether oxygens (including phenoxy) is 1. The van der Waals surface area contributed by atoms with Crippen molar-refractivity contribution in [3.05, 3.63) is 39.8 Å². The van der Waals surface area contributed by atoms with Gasteiger partial charge < -0.3 is 15.4 Å². The first-order valence-corrected chi connectivity index (χ1v) is 9.29. The van der Waals surface area contributed by atoms with E-state index in [2.05, 4.69) is 20.8 Å². The third-order valence-electron chi connectivity index (χ3n) is 3.62. The number of aromatic nitrogens is 2. The maximum atomic E-state index is 12.3. The van der Waals surface area contributed by atoms with Crippen LogP contribution in [0.25, 0.3) is 0 Å². The Balaban J connectivity index is 1.90. The summed E-state index contributed by atoms with van der Waals surface area (Å²) >= 11 is 6.11. The number of nitrogens with zero attached hydrogens (tertiary/aromatic N) is 1. The number of benzene rings is 1. The third kappa shape index (κ3) is 6.57. The van der Waals surface area contributed by atoms with Gasteiger partial charge in [-0.25, -0.2) is 4.79 Å². The van der Waals surface area contributed by atoms with E-state index in [0.29, 0.717) is 9.09 Å². The van der Waals surface area contributed by atoms with Crippen LogP contribution in [0.15, 0.2) is 30.3 Å². The van der Waals surface area contributed by atoms with Crippen LogP contribution in [0, 0.1) is 9.37 Å². The number of carbonyl (C=O) groups excluding carboxylic acids is 2. The minimum atomic E-state index is -0.558. The summed E-state index contributed by atoms with van der Waals surface area (Å²) in [5.41, 5.74) is 0.564. The molecule has 3 N–H and O–H groups in total. The SMILES string of the molecule is CC(C)(C)C(CC(=O)Nc1n[nH]c(=S)s1)NC(=O)OCc1ccccc1. The molecule has 0 bridgehead atoms. The van der Waals surface area contributed by atoms with Gasteiger partial charge in [0.1, 0.15) is 6.61 Å². The van der Waals surface area contributed by atoms with Gasteiger partial charge in [-0.1, -0.05) is 62.4 Å². The average molecular weight is 395 g/mol.